The van der Waals surface area contributed by atoms with Crippen molar-refractivity contribution in [3.8, 4) is 62.1 Å². The average molecular weight is 727 g/mol. The van der Waals surface area contributed by atoms with Crippen LogP contribution in [0.1, 0.15) is 0 Å². The molecular weight excluding hydrogens is 693 g/mol. The van der Waals surface area contributed by atoms with Crippen molar-refractivity contribution in [2.45, 2.75) is 0 Å². The van der Waals surface area contributed by atoms with E-state index in [2.05, 4.69) is 211 Å². The van der Waals surface area contributed by atoms with E-state index in [1.807, 2.05) is 0 Å². The van der Waals surface area contributed by atoms with E-state index in [4.69, 9.17) is 15.0 Å². The fourth-order valence-corrected chi connectivity index (χ4v) is 8.36. The molecule has 0 atom stereocenters. The number of fused-ring (bicyclic) bond motifs is 5. The summed E-state index contributed by atoms with van der Waals surface area (Å²) in [5, 5.41) is 6.97. The first-order valence-electron chi connectivity index (χ1n) is 19.3. The molecule has 57 heavy (non-hydrogen) atoms. The van der Waals surface area contributed by atoms with Crippen molar-refractivity contribution in [1.82, 2.24) is 19.5 Å². The van der Waals surface area contributed by atoms with Crippen LogP contribution < -0.4 is 0 Å². The summed E-state index contributed by atoms with van der Waals surface area (Å²) < 4.78 is 2.39. The summed E-state index contributed by atoms with van der Waals surface area (Å²) in [4.78, 5) is 15.9. The van der Waals surface area contributed by atoms with Gasteiger partial charge in [-0.3, -0.25) is 0 Å². The van der Waals surface area contributed by atoms with Gasteiger partial charge in [0, 0.05) is 33.0 Å². The van der Waals surface area contributed by atoms with E-state index < -0.39 is 0 Å². The van der Waals surface area contributed by atoms with Gasteiger partial charge in [0.1, 0.15) is 0 Å². The van der Waals surface area contributed by atoms with E-state index in [1.165, 1.54) is 27.3 Å². The third kappa shape index (κ3) is 5.66. The van der Waals surface area contributed by atoms with Crippen LogP contribution in [0.3, 0.4) is 0 Å². The minimum absolute atomic E-state index is 0.612. The maximum atomic E-state index is 5.33. The molecule has 4 nitrogen and oxygen atoms in total. The summed E-state index contributed by atoms with van der Waals surface area (Å²) in [7, 11) is 0. The zero-order valence-electron chi connectivity index (χ0n) is 30.9. The van der Waals surface area contributed by atoms with E-state index >= 15 is 0 Å². The maximum Gasteiger partial charge on any atom is 0.164 e. The highest BCUT2D eigenvalue weighted by atomic mass is 15.0. The van der Waals surface area contributed by atoms with Crippen molar-refractivity contribution in [3.63, 3.8) is 0 Å². The van der Waals surface area contributed by atoms with Gasteiger partial charge in [0.2, 0.25) is 0 Å². The highest BCUT2D eigenvalue weighted by Gasteiger charge is 2.20. The van der Waals surface area contributed by atoms with Gasteiger partial charge in [-0.05, 0) is 62.5 Å². The molecule has 266 valence electrons. The van der Waals surface area contributed by atoms with Crippen LogP contribution in [0.4, 0.5) is 0 Å². The molecule has 0 saturated heterocycles. The smallest absolute Gasteiger partial charge is 0.164 e. The van der Waals surface area contributed by atoms with E-state index in [0.29, 0.717) is 17.5 Å². The van der Waals surface area contributed by atoms with Gasteiger partial charge in [-0.15, -0.1) is 0 Å². The fraction of sp³-hybridized carbons (Fsp3) is 0. The number of hydrogen-bond acceptors (Lipinski definition) is 3. The Morgan fingerprint density at radius 3 is 1.46 bits per heavy atom. The fourth-order valence-electron chi connectivity index (χ4n) is 8.36. The minimum atomic E-state index is 0.612. The first kappa shape index (κ1) is 32.7. The number of aromatic nitrogens is 4. The van der Waals surface area contributed by atoms with E-state index in [9.17, 15) is 0 Å². The molecule has 0 N–H and O–H groups in total. The third-order valence-corrected chi connectivity index (χ3v) is 11.1. The van der Waals surface area contributed by atoms with Gasteiger partial charge in [0.05, 0.1) is 16.7 Å². The Hall–Kier alpha value is -7.69. The Kier molecular flexibility index (Phi) is 7.78. The lowest BCUT2D eigenvalue weighted by Crippen LogP contribution is -2.02. The average Bonchev–Trinajstić information content (AvgIpc) is 3.63. The van der Waals surface area contributed by atoms with Gasteiger partial charge >= 0.3 is 0 Å². The van der Waals surface area contributed by atoms with Crippen molar-refractivity contribution < 1.29 is 0 Å². The predicted molar refractivity (Wildman–Crippen MR) is 236 cm³/mol. The molecule has 0 aliphatic heterocycles. The summed E-state index contributed by atoms with van der Waals surface area (Å²) in [5.41, 5.74) is 10.8. The normalized spacial score (nSPS) is 11.5. The predicted octanol–water partition coefficient (Wildman–Crippen LogP) is 13.6. The van der Waals surface area contributed by atoms with Gasteiger partial charge in [-0.25, -0.2) is 15.0 Å². The van der Waals surface area contributed by atoms with Crippen LogP contribution in [-0.4, -0.2) is 19.5 Å². The number of benzene rings is 9. The van der Waals surface area contributed by atoms with Crippen molar-refractivity contribution in [2.24, 2.45) is 0 Å². The molecule has 0 fully saturated rings. The van der Waals surface area contributed by atoms with Crippen LogP contribution in [0.25, 0.3) is 105 Å². The first-order valence-corrected chi connectivity index (χ1v) is 19.3. The highest BCUT2D eigenvalue weighted by Crippen LogP contribution is 2.39. The highest BCUT2D eigenvalue weighted by molar-refractivity contribution is 6.10. The Morgan fingerprint density at radius 2 is 0.772 bits per heavy atom. The Balaban J connectivity index is 1.17. The monoisotopic (exact) mass is 726 g/mol. The second-order valence-corrected chi connectivity index (χ2v) is 14.4. The van der Waals surface area contributed by atoms with Crippen molar-refractivity contribution in [2.75, 3.05) is 0 Å². The molecular formula is C53H34N4. The largest absolute Gasteiger partial charge is 0.309 e. The lowest BCUT2D eigenvalue weighted by Gasteiger charge is -2.16. The van der Waals surface area contributed by atoms with E-state index in [0.717, 1.165) is 60.7 Å². The molecule has 9 aromatic carbocycles. The second kappa shape index (κ2) is 13.6. The quantitative estimate of drug-likeness (QED) is 0.171. The van der Waals surface area contributed by atoms with Crippen LogP contribution in [0.5, 0.6) is 0 Å². The van der Waals surface area contributed by atoms with Crippen molar-refractivity contribution in [3.05, 3.63) is 206 Å². The van der Waals surface area contributed by atoms with Crippen LogP contribution in [0.2, 0.25) is 0 Å². The van der Waals surface area contributed by atoms with Gasteiger partial charge in [0.25, 0.3) is 0 Å². The minimum Gasteiger partial charge on any atom is -0.309 e. The topological polar surface area (TPSA) is 43.6 Å². The Bertz CT molecular complexity index is 3240. The molecule has 11 aromatic rings. The zero-order valence-corrected chi connectivity index (χ0v) is 30.9. The number of rotatable bonds is 6. The SMILES string of the molecule is c1ccc(-c2ccc(-c3nc(-c4ccc5ccccc5c4)nc(-c4cccc5c(-c6ccccc6)cccc45)n3)cc2-n2c3ccccc3c3ccccc32)cc1. The van der Waals surface area contributed by atoms with Crippen LogP contribution in [-0.2, 0) is 0 Å². The molecule has 0 unspecified atom stereocenters. The summed E-state index contributed by atoms with van der Waals surface area (Å²) in [5.74, 6) is 1.87. The molecule has 0 aliphatic rings. The Morgan fingerprint density at radius 1 is 0.281 bits per heavy atom. The van der Waals surface area contributed by atoms with Gasteiger partial charge in [0.15, 0.2) is 17.5 Å². The standard InChI is InChI=1S/C53H34N4/c1-3-16-36(17-4-1)41-23-13-25-44-43(41)24-14-26-47(44)53-55-51(39-30-29-35-15-7-8-20-38(35)33-39)54-52(56-53)40-31-32-42(37-18-5-2-6-19-37)50(34-40)57-48-27-11-9-21-45(48)46-22-10-12-28-49(46)57/h1-34H. The number of para-hydroxylation sites is 2. The molecule has 2 heterocycles. The summed E-state index contributed by atoms with van der Waals surface area (Å²) in [6, 6.07) is 72.8. The van der Waals surface area contributed by atoms with Crippen LogP contribution >= 0.6 is 0 Å². The molecule has 4 heteroatoms. The summed E-state index contributed by atoms with van der Waals surface area (Å²) in [6.45, 7) is 0. The first-order chi connectivity index (χ1) is 28.3. The second-order valence-electron chi connectivity index (χ2n) is 14.4. The number of nitrogens with zero attached hydrogens (tertiary/aromatic N) is 4. The van der Waals surface area contributed by atoms with Crippen LogP contribution in [0.15, 0.2) is 206 Å². The van der Waals surface area contributed by atoms with Crippen molar-refractivity contribution >= 4 is 43.4 Å². The number of hydrogen-bond donors (Lipinski definition) is 0. The van der Waals surface area contributed by atoms with Gasteiger partial charge < -0.3 is 4.57 Å². The maximum absolute atomic E-state index is 5.33. The van der Waals surface area contributed by atoms with Crippen LogP contribution in [0, 0.1) is 0 Å². The van der Waals surface area contributed by atoms with E-state index in [-0.39, 0.29) is 0 Å². The molecule has 0 spiro atoms. The lowest BCUT2D eigenvalue weighted by molar-refractivity contribution is 1.07. The lowest BCUT2D eigenvalue weighted by atomic mass is 9.95. The van der Waals surface area contributed by atoms with E-state index in [1.54, 1.807) is 0 Å². The molecule has 0 radical (unpaired) electrons. The summed E-state index contributed by atoms with van der Waals surface area (Å²) in [6.07, 6.45) is 0. The molecule has 0 saturated carbocycles. The van der Waals surface area contributed by atoms with Gasteiger partial charge in [-0.2, -0.15) is 0 Å². The summed E-state index contributed by atoms with van der Waals surface area (Å²) >= 11 is 0. The molecule has 0 bridgehead atoms. The zero-order chi connectivity index (χ0) is 37.7. The third-order valence-electron chi connectivity index (χ3n) is 11.1. The molecule has 0 amide bonds. The molecule has 11 rings (SSSR count). The van der Waals surface area contributed by atoms with Crippen molar-refractivity contribution in [1.29, 1.82) is 0 Å². The molecule has 0 aliphatic carbocycles. The molecule has 2 aromatic heterocycles. The Labute approximate surface area is 330 Å². The van der Waals surface area contributed by atoms with Gasteiger partial charge in [-0.1, -0.05) is 182 Å².